The van der Waals surface area contributed by atoms with Crippen LogP contribution in [-0.4, -0.2) is 0 Å². The Morgan fingerprint density at radius 1 is 1.18 bits per heavy atom. The molecule has 0 heterocycles. The molecule has 2 nitrogen and oxygen atoms in total. The molecule has 0 bridgehead atoms. The van der Waals surface area contributed by atoms with Crippen molar-refractivity contribution in [2.75, 3.05) is 0 Å². The van der Waals surface area contributed by atoms with Crippen molar-refractivity contribution in [2.24, 2.45) is 9.75 Å². The third-order valence-corrected chi connectivity index (χ3v) is 1.68. The monoisotopic (exact) mass is 208 g/mol. The Hall–Kier alpha value is -0.310. The second kappa shape index (κ2) is 3.90. The summed E-state index contributed by atoms with van der Waals surface area (Å²) in [6.45, 7) is 0. The summed E-state index contributed by atoms with van der Waals surface area (Å²) in [5, 5.41) is 4.56. The number of halogens is 3. The molecule has 0 spiro atoms. The Morgan fingerprint density at radius 2 is 1.91 bits per heavy atom. The predicted molar refractivity (Wildman–Crippen MR) is 46.8 cm³/mol. The van der Waals surface area contributed by atoms with Gasteiger partial charge in [0, 0.05) is 5.02 Å². The van der Waals surface area contributed by atoms with Crippen LogP contribution in [0.5, 0.6) is 0 Å². The van der Waals surface area contributed by atoms with Crippen LogP contribution in [-0.2, 0) is 0 Å². The lowest BCUT2D eigenvalue weighted by atomic mass is 10.3. The summed E-state index contributed by atoms with van der Waals surface area (Å²) < 4.78 is 3.06. The standard InChI is InChI=1S/C6H3Cl3N2/c7-4-1-2-5(8)6(3-4)10-11-9/h1-3H. The van der Waals surface area contributed by atoms with Crippen molar-refractivity contribution < 1.29 is 0 Å². The second-order valence-electron chi connectivity index (χ2n) is 1.77. The molecule has 0 aromatic heterocycles. The minimum Gasteiger partial charge on any atom is -0.136 e. The second-order valence-corrected chi connectivity index (χ2v) is 2.77. The molecule has 1 aromatic carbocycles. The van der Waals surface area contributed by atoms with Gasteiger partial charge in [0.05, 0.1) is 16.8 Å². The smallest absolute Gasteiger partial charge is 0.107 e. The van der Waals surface area contributed by atoms with Crippen LogP contribution in [0.4, 0.5) is 5.69 Å². The minimum atomic E-state index is 0.467. The molecule has 11 heavy (non-hydrogen) atoms. The molecule has 0 amide bonds. The Morgan fingerprint density at radius 3 is 2.55 bits per heavy atom. The molecule has 5 heteroatoms. The van der Waals surface area contributed by atoms with Crippen molar-refractivity contribution in [2.45, 2.75) is 0 Å². The molecule has 0 radical (unpaired) electrons. The number of hydrogen-bond acceptors (Lipinski definition) is 2. The predicted octanol–water partition coefficient (Wildman–Crippen LogP) is 4.23. The van der Waals surface area contributed by atoms with Gasteiger partial charge in [0.25, 0.3) is 0 Å². The van der Waals surface area contributed by atoms with E-state index in [-0.39, 0.29) is 0 Å². The van der Waals surface area contributed by atoms with E-state index in [4.69, 9.17) is 35.0 Å². The van der Waals surface area contributed by atoms with Crippen molar-refractivity contribution in [1.82, 2.24) is 0 Å². The van der Waals surface area contributed by atoms with Crippen LogP contribution in [0.3, 0.4) is 0 Å². The van der Waals surface area contributed by atoms with Gasteiger partial charge in [-0.1, -0.05) is 27.8 Å². The van der Waals surface area contributed by atoms with Crippen LogP contribution < -0.4 is 0 Å². The SMILES string of the molecule is ClN=Nc1cc(Cl)ccc1Cl. The normalized spacial score (nSPS) is 10.8. The molecule has 0 saturated carbocycles. The van der Waals surface area contributed by atoms with E-state index in [1.54, 1.807) is 18.2 Å². The maximum Gasteiger partial charge on any atom is 0.107 e. The highest BCUT2D eigenvalue weighted by molar-refractivity contribution is 6.35. The van der Waals surface area contributed by atoms with Crippen molar-refractivity contribution in [1.29, 1.82) is 0 Å². The number of rotatable bonds is 1. The van der Waals surface area contributed by atoms with E-state index >= 15 is 0 Å². The lowest BCUT2D eigenvalue weighted by molar-refractivity contribution is 1.33. The molecule has 0 aliphatic heterocycles. The van der Waals surface area contributed by atoms with E-state index in [2.05, 4.69) is 9.75 Å². The highest BCUT2D eigenvalue weighted by atomic mass is 35.5. The lowest BCUT2D eigenvalue weighted by Crippen LogP contribution is -1.66. The van der Waals surface area contributed by atoms with E-state index in [0.29, 0.717) is 15.7 Å². The van der Waals surface area contributed by atoms with Crippen LogP contribution in [0.15, 0.2) is 27.9 Å². The molecule has 0 atom stereocenters. The summed E-state index contributed by atoms with van der Waals surface area (Å²) in [6.07, 6.45) is 0. The van der Waals surface area contributed by atoms with Crippen molar-refractivity contribution in [3.05, 3.63) is 28.2 Å². The number of benzene rings is 1. The van der Waals surface area contributed by atoms with Gasteiger partial charge in [-0.05, 0) is 18.2 Å². The maximum atomic E-state index is 5.70. The third-order valence-electron chi connectivity index (χ3n) is 1.05. The molecule has 0 N–H and O–H groups in total. The first-order valence-electron chi connectivity index (χ1n) is 2.71. The van der Waals surface area contributed by atoms with Gasteiger partial charge in [-0.25, -0.2) is 0 Å². The Balaban J connectivity index is 3.12. The molecule has 1 aromatic rings. The minimum absolute atomic E-state index is 0.467. The van der Waals surface area contributed by atoms with Gasteiger partial charge in [-0.15, -0.1) is 5.11 Å². The molecule has 1 rings (SSSR count). The van der Waals surface area contributed by atoms with E-state index in [1.165, 1.54) is 0 Å². The average molecular weight is 209 g/mol. The lowest BCUT2D eigenvalue weighted by Gasteiger charge is -1.94. The first kappa shape index (κ1) is 8.78. The molecular formula is C6H3Cl3N2. The molecule has 0 aliphatic rings. The summed E-state index contributed by atoms with van der Waals surface area (Å²) in [7, 11) is 0. The van der Waals surface area contributed by atoms with Gasteiger partial charge in [0.15, 0.2) is 0 Å². The summed E-state index contributed by atoms with van der Waals surface area (Å²) in [6, 6.07) is 4.87. The Labute approximate surface area is 78.9 Å². The third kappa shape index (κ3) is 2.33. The van der Waals surface area contributed by atoms with Crippen LogP contribution in [0.2, 0.25) is 10.0 Å². The van der Waals surface area contributed by atoms with Crippen molar-refractivity contribution in [3.8, 4) is 0 Å². The zero-order valence-corrected chi connectivity index (χ0v) is 7.53. The van der Waals surface area contributed by atoms with E-state index in [9.17, 15) is 0 Å². The van der Waals surface area contributed by atoms with Gasteiger partial charge < -0.3 is 0 Å². The number of nitrogens with zero attached hydrogens (tertiary/aromatic N) is 2. The first-order chi connectivity index (χ1) is 5.24. The summed E-state index contributed by atoms with van der Waals surface area (Å²) >= 11 is 16.4. The fourth-order valence-electron chi connectivity index (χ4n) is 0.603. The molecule has 0 fully saturated rings. The summed E-state index contributed by atoms with van der Waals surface area (Å²) in [5.41, 5.74) is 0.467. The maximum absolute atomic E-state index is 5.70. The molecule has 0 aliphatic carbocycles. The molecular weight excluding hydrogens is 206 g/mol. The highest BCUT2D eigenvalue weighted by Crippen LogP contribution is 2.28. The summed E-state index contributed by atoms with van der Waals surface area (Å²) in [5.74, 6) is 0. The largest absolute Gasteiger partial charge is 0.136 e. The Kier molecular flexibility index (Phi) is 3.12. The summed E-state index contributed by atoms with van der Waals surface area (Å²) in [4.78, 5) is 0. The fraction of sp³-hybridized carbons (Fsp3) is 0. The van der Waals surface area contributed by atoms with Gasteiger partial charge in [0.2, 0.25) is 0 Å². The van der Waals surface area contributed by atoms with Gasteiger partial charge in [-0.3, -0.25) is 0 Å². The first-order valence-corrected chi connectivity index (χ1v) is 3.80. The highest BCUT2D eigenvalue weighted by Gasteiger charge is 1.98. The number of hydrogen-bond donors (Lipinski definition) is 0. The van der Waals surface area contributed by atoms with E-state index < -0.39 is 0 Å². The molecule has 0 unspecified atom stereocenters. The topological polar surface area (TPSA) is 24.7 Å². The molecule has 58 valence electrons. The van der Waals surface area contributed by atoms with Crippen LogP contribution in [0.1, 0.15) is 0 Å². The van der Waals surface area contributed by atoms with Crippen molar-refractivity contribution >= 4 is 40.7 Å². The molecule has 0 saturated heterocycles. The van der Waals surface area contributed by atoms with E-state index in [0.717, 1.165) is 0 Å². The quantitative estimate of drug-likeness (QED) is 0.618. The zero-order valence-electron chi connectivity index (χ0n) is 5.26. The zero-order chi connectivity index (χ0) is 8.27. The van der Waals surface area contributed by atoms with Gasteiger partial charge >= 0.3 is 0 Å². The Bertz CT molecular complexity index is 285. The van der Waals surface area contributed by atoms with Crippen molar-refractivity contribution in [3.63, 3.8) is 0 Å². The van der Waals surface area contributed by atoms with Gasteiger partial charge in [-0.2, -0.15) is 0 Å². The van der Waals surface area contributed by atoms with Crippen LogP contribution in [0.25, 0.3) is 0 Å². The van der Waals surface area contributed by atoms with Crippen LogP contribution >= 0.6 is 35.0 Å². The van der Waals surface area contributed by atoms with Gasteiger partial charge in [0.1, 0.15) is 5.69 Å². The fourth-order valence-corrected chi connectivity index (χ4v) is 1.01. The average Bonchev–Trinajstić information content (AvgIpc) is 1.98. The van der Waals surface area contributed by atoms with Crippen LogP contribution in [0, 0.1) is 0 Å². The van der Waals surface area contributed by atoms with E-state index in [1.807, 2.05) is 0 Å².